The molecular weight excluding hydrogens is 364 g/mol. The Kier molecular flexibility index (Phi) is 5.05. The molecule has 2 rings (SSSR count). The Morgan fingerprint density at radius 2 is 1.46 bits per heavy atom. The van der Waals surface area contributed by atoms with Crippen LogP contribution in [0.2, 0.25) is 0 Å². The van der Waals surface area contributed by atoms with Crippen molar-refractivity contribution in [1.29, 1.82) is 0 Å². The van der Waals surface area contributed by atoms with Crippen molar-refractivity contribution in [3.8, 4) is 0 Å². The van der Waals surface area contributed by atoms with Gasteiger partial charge in [0.15, 0.2) is 0 Å². The molecule has 0 heterocycles. The zero-order valence-corrected chi connectivity index (χ0v) is 13.2. The van der Waals surface area contributed by atoms with Crippen LogP contribution in [0.15, 0.2) is 48.5 Å². The van der Waals surface area contributed by atoms with Gasteiger partial charge in [-0.1, -0.05) is 29.8 Å². The summed E-state index contributed by atoms with van der Waals surface area (Å²) in [5, 5.41) is 11.7. The second-order valence-electron chi connectivity index (χ2n) is 5.61. The molecule has 0 aliphatic carbocycles. The van der Waals surface area contributed by atoms with Crippen LogP contribution in [0, 0.1) is 6.92 Å². The van der Waals surface area contributed by atoms with Crippen LogP contribution in [0.3, 0.4) is 0 Å². The van der Waals surface area contributed by atoms with Crippen LogP contribution >= 0.6 is 0 Å². The van der Waals surface area contributed by atoms with Gasteiger partial charge in [0.2, 0.25) is 0 Å². The highest BCUT2D eigenvalue weighted by atomic mass is 19.4. The van der Waals surface area contributed by atoms with Crippen LogP contribution in [0.4, 0.5) is 32.0 Å². The van der Waals surface area contributed by atoms with Crippen LogP contribution in [-0.4, -0.2) is 23.4 Å². The molecule has 0 aliphatic rings. The van der Waals surface area contributed by atoms with Crippen molar-refractivity contribution in [2.24, 2.45) is 0 Å². The van der Waals surface area contributed by atoms with Crippen LogP contribution in [0.25, 0.3) is 0 Å². The lowest BCUT2D eigenvalue weighted by Gasteiger charge is -2.32. The Bertz CT molecular complexity index is 782. The van der Waals surface area contributed by atoms with E-state index in [1.807, 2.05) is 0 Å². The molecule has 140 valence electrons. The van der Waals surface area contributed by atoms with E-state index in [-0.39, 0.29) is 11.3 Å². The van der Waals surface area contributed by atoms with Crippen LogP contribution < -0.4 is 5.32 Å². The van der Waals surface area contributed by atoms with E-state index in [9.17, 15) is 36.2 Å². The van der Waals surface area contributed by atoms with E-state index in [4.69, 9.17) is 0 Å². The zero-order valence-electron chi connectivity index (χ0n) is 13.2. The van der Waals surface area contributed by atoms with Crippen molar-refractivity contribution in [2.75, 3.05) is 5.32 Å². The van der Waals surface area contributed by atoms with Gasteiger partial charge >= 0.3 is 12.4 Å². The largest absolute Gasteiger partial charge is 0.430 e. The minimum Gasteiger partial charge on any atom is -0.369 e. The number of aryl methyl sites for hydroxylation is 1. The number of benzene rings is 2. The first-order valence-electron chi connectivity index (χ1n) is 7.20. The number of carbonyl (C=O) groups excluding carboxylic acids is 1. The third kappa shape index (κ3) is 3.67. The van der Waals surface area contributed by atoms with Gasteiger partial charge in [0.25, 0.3) is 11.5 Å². The highest BCUT2D eigenvalue weighted by molar-refractivity contribution is 6.04. The maximum absolute atomic E-state index is 12.8. The van der Waals surface area contributed by atoms with E-state index in [1.54, 1.807) is 25.1 Å². The van der Waals surface area contributed by atoms with Crippen LogP contribution in [-0.2, 0) is 5.60 Å². The standard InChI is InChI=1S/C17H13F6NO2/c1-10-3-2-4-11(9-10)14(25)24-13-7-5-12(6-8-13)15(26,16(18,19)20)17(21,22)23/h2-9,26H,1H3,(H,24,25). The Morgan fingerprint density at radius 1 is 0.923 bits per heavy atom. The summed E-state index contributed by atoms with van der Waals surface area (Å²) < 4.78 is 76.9. The van der Waals surface area contributed by atoms with Crippen molar-refractivity contribution in [3.63, 3.8) is 0 Å². The van der Waals surface area contributed by atoms with E-state index < -0.39 is 29.4 Å². The van der Waals surface area contributed by atoms with Crippen LogP contribution in [0.5, 0.6) is 0 Å². The number of carbonyl (C=O) groups is 1. The van der Waals surface area contributed by atoms with Crippen LogP contribution in [0.1, 0.15) is 21.5 Å². The molecule has 0 bridgehead atoms. The predicted molar refractivity (Wildman–Crippen MR) is 81.6 cm³/mol. The maximum atomic E-state index is 12.8. The molecule has 3 nitrogen and oxygen atoms in total. The molecule has 0 saturated heterocycles. The highest BCUT2D eigenvalue weighted by Crippen LogP contribution is 2.50. The number of aliphatic hydroxyl groups is 1. The zero-order chi connectivity index (χ0) is 19.8. The smallest absolute Gasteiger partial charge is 0.369 e. The van der Waals surface area contributed by atoms with Crippen molar-refractivity contribution >= 4 is 11.6 Å². The number of alkyl halides is 6. The number of amides is 1. The fourth-order valence-corrected chi connectivity index (χ4v) is 2.27. The first-order valence-corrected chi connectivity index (χ1v) is 7.20. The fraction of sp³-hybridized carbons (Fsp3) is 0.235. The monoisotopic (exact) mass is 377 g/mol. The van der Waals surface area contributed by atoms with Gasteiger partial charge in [-0.25, -0.2) is 0 Å². The molecule has 0 aromatic heterocycles. The summed E-state index contributed by atoms with van der Waals surface area (Å²) in [4.78, 5) is 12.0. The molecule has 0 atom stereocenters. The molecule has 26 heavy (non-hydrogen) atoms. The lowest BCUT2D eigenvalue weighted by Crippen LogP contribution is -2.53. The lowest BCUT2D eigenvalue weighted by molar-refractivity contribution is -0.376. The Labute approximate surface area is 144 Å². The summed E-state index contributed by atoms with van der Waals surface area (Å²) in [7, 11) is 0. The number of anilines is 1. The molecule has 0 unspecified atom stereocenters. The summed E-state index contributed by atoms with van der Waals surface area (Å²) in [5.74, 6) is -0.580. The van der Waals surface area contributed by atoms with E-state index in [0.717, 1.165) is 17.7 Å². The quantitative estimate of drug-likeness (QED) is 0.771. The number of hydrogen-bond acceptors (Lipinski definition) is 2. The summed E-state index contributed by atoms with van der Waals surface area (Å²) in [5.41, 5.74) is -5.35. The molecule has 2 aromatic carbocycles. The minimum absolute atomic E-state index is 0.0213. The van der Waals surface area contributed by atoms with Gasteiger partial charge in [0.1, 0.15) is 0 Å². The van der Waals surface area contributed by atoms with E-state index in [2.05, 4.69) is 5.32 Å². The molecule has 0 spiro atoms. The van der Waals surface area contributed by atoms with Gasteiger partial charge in [-0.05, 0) is 31.2 Å². The fourth-order valence-electron chi connectivity index (χ4n) is 2.27. The third-order valence-electron chi connectivity index (χ3n) is 3.66. The molecule has 9 heteroatoms. The Hall–Kier alpha value is -2.55. The van der Waals surface area contributed by atoms with Gasteiger partial charge in [0.05, 0.1) is 0 Å². The summed E-state index contributed by atoms with van der Waals surface area (Å²) in [6, 6.07) is 9.08. The molecule has 0 radical (unpaired) electrons. The summed E-state index contributed by atoms with van der Waals surface area (Å²) in [6.45, 7) is 1.75. The average Bonchev–Trinajstić information content (AvgIpc) is 2.52. The van der Waals surface area contributed by atoms with E-state index in [0.29, 0.717) is 12.1 Å². The number of nitrogens with one attached hydrogen (secondary N) is 1. The number of halogens is 6. The second kappa shape index (κ2) is 6.64. The van der Waals surface area contributed by atoms with Crippen molar-refractivity contribution < 1.29 is 36.2 Å². The van der Waals surface area contributed by atoms with Gasteiger partial charge in [-0.15, -0.1) is 0 Å². The molecule has 1 amide bonds. The Balaban J connectivity index is 2.29. The third-order valence-corrected chi connectivity index (χ3v) is 3.66. The predicted octanol–water partition coefficient (Wildman–Crippen LogP) is 4.56. The van der Waals surface area contributed by atoms with E-state index in [1.165, 1.54) is 6.07 Å². The maximum Gasteiger partial charge on any atom is 0.430 e. The topological polar surface area (TPSA) is 49.3 Å². The molecule has 0 aliphatic heterocycles. The molecule has 0 fully saturated rings. The number of rotatable bonds is 3. The van der Waals surface area contributed by atoms with Gasteiger partial charge in [-0.3, -0.25) is 4.79 Å². The molecule has 2 aromatic rings. The lowest BCUT2D eigenvalue weighted by atomic mass is 9.92. The average molecular weight is 377 g/mol. The van der Waals surface area contributed by atoms with Crippen molar-refractivity contribution in [1.82, 2.24) is 0 Å². The van der Waals surface area contributed by atoms with Gasteiger partial charge < -0.3 is 10.4 Å². The Morgan fingerprint density at radius 3 is 1.92 bits per heavy atom. The minimum atomic E-state index is -5.96. The summed E-state index contributed by atoms with van der Waals surface area (Å²) in [6.07, 6.45) is -11.9. The number of hydrogen-bond donors (Lipinski definition) is 2. The normalized spacial score (nSPS) is 12.8. The first-order chi connectivity index (χ1) is 11.9. The van der Waals surface area contributed by atoms with Gasteiger partial charge in [0, 0.05) is 16.8 Å². The second-order valence-corrected chi connectivity index (χ2v) is 5.61. The van der Waals surface area contributed by atoms with Crippen molar-refractivity contribution in [3.05, 3.63) is 65.2 Å². The van der Waals surface area contributed by atoms with Gasteiger partial charge in [-0.2, -0.15) is 26.3 Å². The molecular formula is C17H13F6NO2. The molecule has 0 saturated carbocycles. The SMILES string of the molecule is Cc1cccc(C(=O)Nc2ccc(C(O)(C(F)(F)F)C(F)(F)F)cc2)c1. The first kappa shape index (κ1) is 19.8. The van der Waals surface area contributed by atoms with E-state index >= 15 is 0 Å². The van der Waals surface area contributed by atoms with Crippen molar-refractivity contribution in [2.45, 2.75) is 24.9 Å². The summed E-state index contributed by atoms with van der Waals surface area (Å²) >= 11 is 0. The highest BCUT2D eigenvalue weighted by Gasteiger charge is 2.71. The molecule has 2 N–H and O–H groups in total.